The number of benzene rings is 1. The lowest BCUT2D eigenvalue weighted by Crippen LogP contribution is -2.40. The lowest BCUT2D eigenvalue weighted by atomic mass is 10.1. The van der Waals surface area contributed by atoms with E-state index < -0.39 is 5.91 Å². The maximum atomic E-state index is 12.4. The lowest BCUT2D eigenvalue weighted by Gasteiger charge is -2.23. The van der Waals surface area contributed by atoms with Crippen molar-refractivity contribution in [1.82, 2.24) is 10.2 Å². The van der Waals surface area contributed by atoms with Crippen LogP contribution in [0.15, 0.2) is 6.07 Å². The third-order valence-corrected chi connectivity index (χ3v) is 4.79. The van der Waals surface area contributed by atoms with Gasteiger partial charge in [0.15, 0.2) is 5.75 Å². The average Bonchev–Trinajstić information content (AvgIpc) is 2.97. The number of methoxy groups -OCH3 is 1. The van der Waals surface area contributed by atoms with Gasteiger partial charge in [0.25, 0.3) is 5.91 Å². The predicted molar refractivity (Wildman–Crippen MR) is 87.3 cm³/mol. The molecule has 0 aliphatic carbocycles. The Hall–Kier alpha value is -1.17. The molecule has 0 spiro atoms. The van der Waals surface area contributed by atoms with Gasteiger partial charge in [-0.2, -0.15) is 0 Å². The number of nitrogens with one attached hydrogen (secondary N) is 1. The average molecular weight is 347 g/mol. The summed E-state index contributed by atoms with van der Waals surface area (Å²) >= 11 is 11.8. The number of hydrogen-bond donors (Lipinski definition) is 2. The van der Waals surface area contributed by atoms with Crippen LogP contribution < -0.4 is 10.1 Å². The zero-order valence-corrected chi connectivity index (χ0v) is 14.2. The van der Waals surface area contributed by atoms with Gasteiger partial charge < -0.3 is 15.2 Å². The first-order valence-corrected chi connectivity index (χ1v) is 8.02. The largest absolute Gasteiger partial charge is 0.505 e. The van der Waals surface area contributed by atoms with Gasteiger partial charge in [0.2, 0.25) is 0 Å². The molecule has 22 heavy (non-hydrogen) atoms. The lowest BCUT2D eigenvalue weighted by molar-refractivity contribution is 0.0935. The second-order valence-electron chi connectivity index (χ2n) is 5.23. The van der Waals surface area contributed by atoms with Crippen molar-refractivity contribution in [2.24, 2.45) is 0 Å². The number of likely N-dealkylation sites (tertiary alicyclic amines) is 1. The van der Waals surface area contributed by atoms with Gasteiger partial charge in [-0.3, -0.25) is 9.69 Å². The molecule has 0 saturated carbocycles. The highest BCUT2D eigenvalue weighted by Gasteiger charge is 2.26. The number of phenolic OH excluding ortho intramolecular Hbond substituents is 1. The molecule has 0 bridgehead atoms. The van der Waals surface area contributed by atoms with E-state index in [0.29, 0.717) is 12.6 Å². The molecular formula is C15H20Cl2N2O3. The Balaban J connectivity index is 2.14. The predicted octanol–water partition coefficient (Wildman–Crippen LogP) is 2.92. The van der Waals surface area contributed by atoms with Crippen LogP contribution >= 0.6 is 23.2 Å². The molecule has 1 heterocycles. The molecule has 122 valence electrons. The number of amides is 1. The number of halogens is 2. The van der Waals surface area contributed by atoms with Crippen molar-refractivity contribution in [3.05, 3.63) is 21.7 Å². The highest BCUT2D eigenvalue weighted by Crippen LogP contribution is 2.40. The standard InChI is InChI=1S/C15H20Cl2N2O3/c1-3-19-6-4-5-9(19)8-18-15(21)12-11(22-2)7-10(16)13(17)14(12)20/h7,9,20H,3-6,8H2,1-2H3,(H,18,21)/t9-/m0/s1. The summed E-state index contributed by atoms with van der Waals surface area (Å²) in [4.78, 5) is 14.7. The zero-order valence-electron chi connectivity index (χ0n) is 12.7. The molecule has 1 saturated heterocycles. The monoisotopic (exact) mass is 346 g/mol. The molecule has 5 nitrogen and oxygen atoms in total. The second-order valence-corrected chi connectivity index (χ2v) is 6.02. The summed E-state index contributed by atoms with van der Waals surface area (Å²) in [5.41, 5.74) is 0.0120. The normalized spacial score (nSPS) is 18.5. The smallest absolute Gasteiger partial charge is 0.258 e. The van der Waals surface area contributed by atoms with Crippen molar-refractivity contribution >= 4 is 29.1 Å². The van der Waals surface area contributed by atoms with Crippen molar-refractivity contribution < 1.29 is 14.6 Å². The van der Waals surface area contributed by atoms with Crippen LogP contribution in [0.5, 0.6) is 11.5 Å². The fourth-order valence-electron chi connectivity index (χ4n) is 2.81. The summed E-state index contributed by atoms with van der Waals surface area (Å²) in [5, 5.41) is 13.0. The van der Waals surface area contributed by atoms with Gasteiger partial charge in [-0.05, 0) is 25.9 Å². The number of nitrogens with zero attached hydrogens (tertiary/aromatic N) is 1. The van der Waals surface area contributed by atoms with Gasteiger partial charge >= 0.3 is 0 Å². The summed E-state index contributed by atoms with van der Waals surface area (Å²) in [6, 6.07) is 1.75. The summed E-state index contributed by atoms with van der Waals surface area (Å²) in [7, 11) is 1.41. The number of hydrogen-bond acceptors (Lipinski definition) is 4. The van der Waals surface area contributed by atoms with E-state index in [4.69, 9.17) is 27.9 Å². The maximum absolute atomic E-state index is 12.4. The van der Waals surface area contributed by atoms with E-state index in [0.717, 1.165) is 25.9 Å². The SMILES string of the molecule is CCN1CCC[C@H]1CNC(=O)c1c(OC)cc(Cl)c(Cl)c1O. The first-order valence-electron chi connectivity index (χ1n) is 7.26. The summed E-state index contributed by atoms with van der Waals surface area (Å²) < 4.78 is 5.12. The molecule has 1 amide bonds. The minimum absolute atomic E-state index is 0.0120. The molecule has 1 aliphatic rings. The van der Waals surface area contributed by atoms with Gasteiger partial charge in [-0.1, -0.05) is 30.1 Å². The fraction of sp³-hybridized carbons (Fsp3) is 0.533. The van der Waals surface area contributed by atoms with Crippen LogP contribution in [0.4, 0.5) is 0 Å². The number of aromatic hydroxyl groups is 1. The van der Waals surface area contributed by atoms with Crippen LogP contribution in [-0.2, 0) is 0 Å². The fourth-order valence-corrected chi connectivity index (χ4v) is 3.15. The molecule has 1 aromatic rings. The molecule has 0 radical (unpaired) electrons. The van der Waals surface area contributed by atoms with Crippen LogP contribution in [0.1, 0.15) is 30.1 Å². The van der Waals surface area contributed by atoms with Crippen molar-refractivity contribution in [3.63, 3.8) is 0 Å². The Morgan fingerprint density at radius 2 is 2.27 bits per heavy atom. The molecule has 1 aliphatic heterocycles. The van der Waals surface area contributed by atoms with Gasteiger partial charge in [-0.25, -0.2) is 0 Å². The molecule has 1 aromatic carbocycles. The molecule has 0 aromatic heterocycles. The Kier molecular flexibility index (Phi) is 5.78. The highest BCUT2D eigenvalue weighted by atomic mass is 35.5. The molecule has 0 unspecified atom stereocenters. The van der Waals surface area contributed by atoms with Crippen molar-refractivity contribution in [2.45, 2.75) is 25.8 Å². The van der Waals surface area contributed by atoms with Crippen molar-refractivity contribution in [2.75, 3.05) is 26.7 Å². The molecule has 1 fully saturated rings. The molecule has 7 heteroatoms. The van der Waals surface area contributed by atoms with Gasteiger partial charge in [0.1, 0.15) is 16.3 Å². The van der Waals surface area contributed by atoms with Crippen LogP contribution in [0, 0.1) is 0 Å². The van der Waals surface area contributed by atoms with Crippen LogP contribution in [-0.4, -0.2) is 48.7 Å². The Morgan fingerprint density at radius 3 is 2.91 bits per heavy atom. The van der Waals surface area contributed by atoms with E-state index in [1.807, 2.05) is 0 Å². The molecular weight excluding hydrogens is 327 g/mol. The third-order valence-electron chi connectivity index (χ3n) is 4.01. The molecule has 2 rings (SSSR count). The van der Waals surface area contributed by atoms with E-state index in [1.54, 1.807) is 0 Å². The Morgan fingerprint density at radius 1 is 1.55 bits per heavy atom. The quantitative estimate of drug-likeness (QED) is 0.860. The van der Waals surface area contributed by atoms with Gasteiger partial charge in [0, 0.05) is 18.7 Å². The Labute approximate surface area is 140 Å². The topological polar surface area (TPSA) is 61.8 Å². The van der Waals surface area contributed by atoms with E-state index in [-0.39, 0.29) is 27.1 Å². The van der Waals surface area contributed by atoms with Crippen LogP contribution in [0.3, 0.4) is 0 Å². The summed E-state index contributed by atoms with van der Waals surface area (Å²) in [6.45, 7) is 4.64. The zero-order chi connectivity index (χ0) is 16.3. The van der Waals surface area contributed by atoms with Crippen LogP contribution in [0.25, 0.3) is 0 Å². The summed E-state index contributed by atoms with van der Waals surface area (Å²) in [5.74, 6) is -0.582. The number of phenols is 1. The maximum Gasteiger partial charge on any atom is 0.258 e. The third kappa shape index (κ3) is 3.42. The molecule has 1 atom stereocenters. The van der Waals surface area contributed by atoms with Gasteiger partial charge in [-0.15, -0.1) is 0 Å². The highest BCUT2D eigenvalue weighted by molar-refractivity contribution is 6.43. The number of ether oxygens (including phenoxy) is 1. The first kappa shape index (κ1) is 17.2. The number of likely N-dealkylation sites (N-methyl/N-ethyl adjacent to an activating group) is 1. The van der Waals surface area contributed by atoms with E-state index >= 15 is 0 Å². The second kappa shape index (κ2) is 7.40. The Bertz CT molecular complexity index is 566. The minimum Gasteiger partial charge on any atom is -0.505 e. The van der Waals surface area contributed by atoms with E-state index in [9.17, 15) is 9.90 Å². The summed E-state index contributed by atoms with van der Waals surface area (Å²) in [6.07, 6.45) is 2.19. The van der Waals surface area contributed by atoms with Crippen molar-refractivity contribution in [1.29, 1.82) is 0 Å². The minimum atomic E-state index is -0.420. The van der Waals surface area contributed by atoms with E-state index in [1.165, 1.54) is 13.2 Å². The van der Waals surface area contributed by atoms with Crippen molar-refractivity contribution in [3.8, 4) is 11.5 Å². The number of carbonyl (C=O) groups excluding carboxylic acids is 1. The van der Waals surface area contributed by atoms with Gasteiger partial charge in [0.05, 0.1) is 12.1 Å². The number of carbonyl (C=O) groups is 1. The number of rotatable bonds is 5. The first-order chi connectivity index (χ1) is 10.5. The van der Waals surface area contributed by atoms with Crippen LogP contribution in [0.2, 0.25) is 10.0 Å². The molecule has 2 N–H and O–H groups in total. The van der Waals surface area contributed by atoms with E-state index in [2.05, 4.69) is 17.1 Å².